The van der Waals surface area contributed by atoms with E-state index in [0.717, 1.165) is 13.0 Å². The Morgan fingerprint density at radius 1 is 1.47 bits per heavy atom. The van der Waals surface area contributed by atoms with Crippen molar-refractivity contribution in [3.63, 3.8) is 0 Å². The Hall–Kier alpha value is -0.350. The molecule has 1 aliphatic rings. The van der Waals surface area contributed by atoms with Crippen LogP contribution in [0, 0.1) is 0 Å². The maximum absolute atomic E-state index is 5.64. The van der Waals surface area contributed by atoms with Gasteiger partial charge >= 0.3 is 0 Å². The molecule has 1 N–H and O–H groups in total. The molecule has 3 nitrogen and oxygen atoms in total. The molecule has 1 aromatic heterocycles. The van der Waals surface area contributed by atoms with Gasteiger partial charge in [0, 0.05) is 30.6 Å². The molecule has 1 aromatic rings. The largest absolute Gasteiger partial charge is 0.372 e. The fourth-order valence-electron chi connectivity index (χ4n) is 1.76. The molecular formula is C10H16Cl2N2O. The third-order valence-corrected chi connectivity index (χ3v) is 2.48. The van der Waals surface area contributed by atoms with Gasteiger partial charge in [-0.3, -0.25) is 4.98 Å². The van der Waals surface area contributed by atoms with E-state index in [-0.39, 0.29) is 30.9 Å². The molecule has 2 unspecified atom stereocenters. The lowest BCUT2D eigenvalue weighted by Gasteiger charge is -2.17. The van der Waals surface area contributed by atoms with Crippen molar-refractivity contribution >= 4 is 24.8 Å². The van der Waals surface area contributed by atoms with Crippen LogP contribution in [-0.2, 0) is 4.74 Å². The number of pyridine rings is 1. The van der Waals surface area contributed by atoms with Crippen LogP contribution in [-0.4, -0.2) is 24.7 Å². The summed E-state index contributed by atoms with van der Waals surface area (Å²) < 4.78 is 5.64. The maximum Gasteiger partial charge on any atom is 0.0993 e. The molecule has 2 rings (SSSR count). The third-order valence-electron chi connectivity index (χ3n) is 2.48. The van der Waals surface area contributed by atoms with Gasteiger partial charge in [-0.25, -0.2) is 0 Å². The quantitative estimate of drug-likeness (QED) is 0.872. The average molecular weight is 251 g/mol. The number of ether oxygens (including phenoxy) is 1. The monoisotopic (exact) mass is 250 g/mol. The summed E-state index contributed by atoms with van der Waals surface area (Å²) in [7, 11) is 1.97. The van der Waals surface area contributed by atoms with E-state index in [1.54, 1.807) is 6.20 Å². The lowest BCUT2D eigenvalue weighted by molar-refractivity contribution is 0.0999. The van der Waals surface area contributed by atoms with E-state index in [2.05, 4.69) is 16.4 Å². The number of hydrogen-bond donors (Lipinski definition) is 1. The first kappa shape index (κ1) is 14.6. The van der Waals surface area contributed by atoms with Gasteiger partial charge in [0.25, 0.3) is 0 Å². The molecule has 5 heteroatoms. The zero-order valence-corrected chi connectivity index (χ0v) is 10.2. The molecule has 0 aliphatic carbocycles. The minimum Gasteiger partial charge on any atom is -0.372 e. The van der Waals surface area contributed by atoms with Gasteiger partial charge in [-0.05, 0) is 19.5 Å². The predicted molar refractivity (Wildman–Crippen MR) is 64.9 cm³/mol. The Balaban J connectivity index is 0.000000980. The van der Waals surface area contributed by atoms with Crippen molar-refractivity contribution in [3.05, 3.63) is 30.1 Å². The second-order valence-corrected chi connectivity index (χ2v) is 3.26. The molecule has 1 saturated heterocycles. The van der Waals surface area contributed by atoms with Gasteiger partial charge in [0.15, 0.2) is 0 Å². The van der Waals surface area contributed by atoms with Crippen molar-refractivity contribution in [2.45, 2.75) is 18.6 Å². The molecular weight excluding hydrogens is 235 g/mol. The first-order valence-corrected chi connectivity index (χ1v) is 4.60. The Morgan fingerprint density at radius 3 is 2.87 bits per heavy atom. The van der Waals surface area contributed by atoms with Crippen LogP contribution in [0.25, 0.3) is 0 Å². The lowest BCUT2D eigenvalue weighted by Crippen LogP contribution is -2.28. The highest BCUT2D eigenvalue weighted by atomic mass is 35.5. The number of likely N-dealkylation sites (N-methyl/N-ethyl adjacent to an activating group) is 1. The second kappa shape index (κ2) is 7.01. The minimum atomic E-state index is 0. The van der Waals surface area contributed by atoms with Gasteiger partial charge in [0.1, 0.15) is 0 Å². The third kappa shape index (κ3) is 3.31. The normalized spacial score (nSPS) is 24.1. The van der Waals surface area contributed by atoms with Crippen molar-refractivity contribution in [3.8, 4) is 0 Å². The molecule has 0 spiro atoms. The van der Waals surface area contributed by atoms with Gasteiger partial charge in [-0.15, -0.1) is 24.8 Å². The Kier molecular flexibility index (Phi) is 6.85. The van der Waals surface area contributed by atoms with Crippen LogP contribution in [0.5, 0.6) is 0 Å². The van der Waals surface area contributed by atoms with Crippen LogP contribution in [0.3, 0.4) is 0 Å². The van der Waals surface area contributed by atoms with Gasteiger partial charge in [-0.2, -0.15) is 0 Å². The van der Waals surface area contributed by atoms with Gasteiger partial charge in [0.2, 0.25) is 0 Å². The average Bonchev–Trinajstić information content (AvgIpc) is 2.67. The van der Waals surface area contributed by atoms with E-state index in [1.807, 2.05) is 19.3 Å². The van der Waals surface area contributed by atoms with E-state index in [0.29, 0.717) is 6.04 Å². The van der Waals surface area contributed by atoms with Crippen LogP contribution in [0.1, 0.15) is 18.1 Å². The topological polar surface area (TPSA) is 34.1 Å². The summed E-state index contributed by atoms with van der Waals surface area (Å²) in [5.41, 5.74) is 1.17. The molecule has 15 heavy (non-hydrogen) atoms. The van der Waals surface area contributed by atoms with Crippen LogP contribution < -0.4 is 5.32 Å². The standard InChI is InChI=1S/C10H14N2O.2ClH/c1-11-9-4-6-13-10(9)8-3-2-5-12-7-8;;/h2-3,5,7,9-11H,4,6H2,1H3;2*1H. The highest BCUT2D eigenvalue weighted by Crippen LogP contribution is 2.27. The molecule has 1 fully saturated rings. The SMILES string of the molecule is CNC1CCOC1c1cccnc1.Cl.Cl. The van der Waals surface area contributed by atoms with E-state index >= 15 is 0 Å². The number of hydrogen-bond acceptors (Lipinski definition) is 3. The molecule has 0 saturated carbocycles. The fraction of sp³-hybridized carbons (Fsp3) is 0.500. The summed E-state index contributed by atoms with van der Waals surface area (Å²) in [5.74, 6) is 0. The van der Waals surface area contributed by atoms with Gasteiger partial charge in [0.05, 0.1) is 6.10 Å². The first-order chi connectivity index (χ1) is 6.42. The van der Waals surface area contributed by atoms with Crippen molar-refractivity contribution in [1.82, 2.24) is 10.3 Å². The first-order valence-electron chi connectivity index (χ1n) is 4.60. The van der Waals surface area contributed by atoms with E-state index in [4.69, 9.17) is 4.74 Å². The van der Waals surface area contributed by atoms with E-state index in [1.165, 1.54) is 5.56 Å². The maximum atomic E-state index is 5.64. The highest BCUT2D eigenvalue weighted by Gasteiger charge is 2.27. The molecule has 0 aromatic carbocycles. The highest BCUT2D eigenvalue weighted by molar-refractivity contribution is 5.85. The van der Waals surface area contributed by atoms with Crippen molar-refractivity contribution in [2.24, 2.45) is 0 Å². The summed E-state index contributed by atoms with van der Waals surface area (Å²) in [5, 5.41) is 3.26. The van der Waals surface area contributed by atoms with Crippen LogP contribution in [0.4, 0.5) is 0 Å². The van der Waals surface area contributed by atoms with E-state index in [9.17, 15) is 0 Å². The summed E-state index contributed by atoms with van der Waals surface area (Å²) in [6.45, 7) is 0.838. The van der Waals surface area contributed by atoms with Crippen molar-refractivity contribution in [2.75, 3.05) is 13.7 Å². The minimum absolute atomic E-state index is 0. The fourth-order valence-corrected chi connectivity index (χ4v) is 1.76. The molecule has 86 valence electrons. The number of nitrogens with one attached hydrogen (secondary N) is 1. The molecule has 0 bridgehead atoms. The van der Waals surface area contributed by atoms with Crippen LogP contribution in [0.2, 0.25) is 0 Å². The molecule has 0 radical (unpaired) electrons. The predicted octanol–water partition coefficient (Wildman–Crippen LogP) is 1.97. The van der Waals surface area contributed by atoms with Crippen LogP contribution in [0.15, 0.2) is 24.5 Å². The number of halogens is 2. The van der Waals surface area contributed by atoms with Gasteiger partial charge < -0.3 is 10.1 Å². The summed E-state index contributed by atoms with van der Waals surface area (Å²) in [4.78, 5) is 4.09. The summed E-state index contributed by atoms with van der Waals surface area (Å²) >= 11 is 0. The van der Waals surface area contributed by atoms with Crippen molar-refractivity contribution < 1.29 is 4.74 Å². The number of nitrogens with zero attached hydrogens (tertiary/aromatic N) is 1. The Bertz CT molecular complexity index is 271. The molecule has 0 amide bonds. The number of aromatic nitrogens is 1. The zero-order valence-electron chi connectivity index (χ0n) is 8.55. The molecule has 2 heterocycles. The van der Waals surface area contributed by atoms with Gasteiger partial charge in [-0.1, -0.05) is 6.07 Å². The summed E-state index contributed by atoms with van der Waals surface area (Å²) in [6, 6.07) is 4.45. The van der Waals surface area contributed by atoms with Crippen LogP contribution >= 0.6 is 24.8 Å². The van der Waals surface area contributed by atoms with E-state index < -0.39 is 0 Å². The van der Waals surface area contributed by atoms with Crippen molar-refractivity contribution in [1.29, 1.82) is 0 Å². The second-order valence-electron chi connectivity index (χ2n) is 3.26. The zero-order chi connectivity index (χ0) is 9.10. The summed E-state index contributed by atoms with van der Waals surface area (Å²) in [6.07, 6.45) is 4.92. The Morgan fingerprint density at radius 2 is 2.27 bits per heavy atom. The smallest absolute Gasteiger partial charge is 0.0993 e. The lowest BCUT2D eigenvalue weighted by atomic mass is 10.0. The number of rotatable bonds is 2. The molecule has 2 atom stereocenters. The Labute approximate surface area is 102 Å². The molecule has 1 aliphatic heterocycles.